The summed E-state index contributed by atoms with van der Waals surface area (Å²) in [5, 5.41) is 0. The maximum atomic E-state index is 5.94. The molecule has 2 aliphatic rings. The van der Waals surface area contributed by atoms with Crippen LogP contribution in [0, 0.1) is 23.7 Å². The summed E-state index contributed by atoms with van der Waals surface area (Å²) < 4.78 is 0. The predicted octanol–water partition coefficient (Wildman–Crippen LogP) is 1.79. The van der Waals surface area contributed by atoms with Crippen LogP contribution in [0.15, 0.2) is 12.2 Å². The van der Waals surface area contributed by atoms with E-state index in [0.29, 0.717) is 6.04 Å². The minimum atomic E-state index is 0.380. The van der Waals surface area contributed by atoms with Gasteiger partial charge in [0.1, 0.15) is 0 Å². The third-order valence-electron chi connectivity index (χ3n) is 3.53. The molecule has 5 unspecified atom stereocenters. The van der Waals surface area contributed by atoms with Crippen molar-refractivity contribution in [2.45, 2.75) is 26.3 Å². The van der Waals surface area contributed by atoms with Gasteiger partial charge in [-0.15, -0.1) is 0 Å². The average Bonchev–Trinajstić information content (AvgIpc) is 2.44. The average molecular weight is 151 g/mol. The van der Waals surface area contributed by atoms with Gasteiger partial charge in [0.15, 0.2) is 0 Å². The third kappa shape index (κ3) is 0.943. The first-order valence-electron chi connectivity index (χ1n) is 4.64. The van der Waals surface area contributed by atoms with Crippen molar-refractivity contribution in [1.82, 2.24) is 0 Å². The van der Waals surface area contributed by atoms with Crippen molar-refractivity contribution in [3.63, 3.8) is 0 Å². The van der Waals surface area contributed by atoms with Gasteiger partial charge in [-0.25, -0.2) is 0 Å². The van der Waals surface area contributed by atoms with Gasteiger partial charge in [0, 0.05) is 6.04 Å². The molecule has 2 bridgehead atoms. The molecule has 0 aromatic rings. The molecule has 0 amide bonds. The SMILES string of the molecule is CC(N)C1C2C=CC(C2)C1C. The lowest BCUT2D eigenvalue weighted by atomic mass is 9.80. The van der Waals surface area contributed by atoms with Gasteiger partial charge in [0.05, 0.1) is 0 Å². The summed E-state index contributed by atoms with van der Waals surface area (Å²) >= 11 is 0. The molecule has 0 heterocycles. The van der Waals surface area contributed by atoms with E-state index in [1.807, 2.05) is 0 Å². The van der Waals surface area contributed by atoms with Crippen molar-refractivity contribution < 1.29 is 0 Å². The summed E-state index contributed by atoms with van der Waals surface area (Å²) in [5.74, 6) is 3.22. The summed E-state index contributed by atoms with van der Waals surface area (Å²) in [5.41, 5.74) is 5.94. The Morgan fingerprint density at radius 1 is 1.36 bits per heavy atom. The highest BCUT2D eigenvalue weighted by Gasteiger charge is 2.43. The first kappa shape index (κ1) is 7.35. The van der Waals surface area contributed by atoms with E-state index in [2.05, 4.69) is 26.0 Å². The Morgan fingerprint density at radius 2 is 2.00 bits per heavy atom. The Labute approximate surface area is 68.7 Å². The highest BCUT2D eigenvalue weighted by Crippen LogP contribution is 2.48. The van der Waals surface area contributed by atoms with Crippen LogP contribution < -0.4 is 5.73 Å². The van der Waals surface area contributed by atoms with E-state index in [9.17, 15) is 0 Å². The number of hydrogen-bond donors (Lipinski definition) is 1. The van der Waals surface area contributed by atoms with Gasteiger partial charge in [0.2, 0.25) is 0 Å². The fourth-order valence-electron chi connectivity index (χ4n) is 2.98. The Balaban J connectivity index is 2.18. The molecule has 1 saturated carbocycles. The molecule has 0 spiro atoms. The lowest BCUT2D eigenvalue weighted by Crippen LogP contribution is -2.33. The third-order valence-corrected chi connectivity index (χ3v) is 3.53. The highest BCUT2D eigenvalue weighted by atomic mass is 14.7. The fraction of sp³-hybridized carbons (Fsp3) is 0.800. The molecule has 1 heteroatoms. The zero-order valence-electron chi connectivity index (χ0n) is 7.33. The molecule has 0 saturated heterocycles. The Kier molecular flexibility index (Phi) is 1.57. The van der Waals surface area contributed by atoms with Gasteiger partial charge in [-0.1, -0.05) is 19.1 Å². The second kappa shape index (κ2) is 2.34. The molecule has 2 rings (SSSR count). The molecule has 1 nitrogen and oxygen atoms in total. The van der Waals surface area contributed by atoms with Crippen molar-refractivity contribution in [3.8, 4) is 0 Å². The van der Waals surface area contributed by atoms with Crippen molar-refractivity contribution in [2.75, 3.05) is 0 Å². The Hall–Kier alpha value is -0.300. The number of rotatable bonds is 1. The summed E-state index contributed by atoms with van der Waals surface area (Å²) in [6, 6.07) is 0.380. The monoisotopic (exact) mass is 151 g/mol. The molecule has 0 aromatic heterocycles. The van der Waals surface area contributed by atoms with Gasteiger partial charge >= 0.3 is 0 Å². The van der Waals surface area contributed by atoms with Crippen LogP contribution >= 0.6 is 0 Å². The van der Waals surface area contributed by atoms with E-state index in [1.165, 1.54) is 6.42 Å². The number of allylic oxidation sites excluding steroid dienone is 2. The highest BCUT2D eigenvalue weighted by molar-refractivity contribution is 5.13. The molecule has 0 aliphatic heterocycles. The largest absolute Gasteiger partial charge is 0.328 e. The zero-order valence-corrected chi connectivity index (χ0v) is 7.33. The fourth-order valence-corrected chi connectivity index (χ4v) is 2.98. The molecule has 0 radical (unpaired) electrons. The maximum Gasteiger partial charge on any atom is 0.00471 e. The van der Waals surface area contributed by atoms with Crippen molar-refractivity contribution >= 4 is 0 Å². The zero-order chi connectivity index (χ0) is 8.01. The van der Waals surface area contributed by atoms with Crippen LogP contribution in [-0.4, -0.2) is 6.04 Å². The quantitative estimate of drug-likeness (QED) is 0.568. The standard InChI is InChI=1S/C10H17N/c1-6-8-3-4-9(5-8)10(6)7(2)11/h3-4,6-10H,5,11H2,1-2H3. The topological polar surface area (TPSA) is 26.0 Å². The first-order chi connectivity index (χ1) is 5.20. The smallest absolute Gasteiger partial charge is 0.00471 e. The van der Waals surface area contributed by atoms with E-state index in [0.717, 1.165) is 23.7 Å². The lowest BCUT2D eigenvalue weighted by molar-refractivity contribution is 0.291. The van der Waals surface area contributed by atoms with Crippen molar-refractivity contribution in [2.24, 2.45) is 29.4 Å². The van der Waals surface area contributed by atoms with Crippen LogP contribution in [0.2, 0.25) is 0 Å². The predicted molar refractivity (Wildman–Crippen MR) is 47.0 cm³/mol. The van der Waals surface area contributed by atoms with Crippen LogP contribution in [0.5, 0.6) is 0 Å². The van der Waals surface area contributed by atoms with Crippen LogP contribution in [0.3, 0.4) is 0 Å². The summed E-state index contributed by atoms with van der Waals surface area (Å²) in [7, 11) is 0. The van der Waals surface area contributed by atoms with Gasteiger partial charge < -0.3 is 5.73 Å². The van der Waals surface area contributed by atoms with Crippen molar-refractivity contribution in [3.05, 3.63) is 12.2 Å². The van der Waals surface area contributed by atoms with E-state index in [1.54, 1.807) is 0 Å². The molecule has 0 aromatic carbocycles. The lowest BCUT2D eigenvalue weighted by Gasteiger charge is -2.27. The van der Waals surface area contributed by atoms with Gasteiger partial charge in [0.25, 0.3) is 0 Å². The summed E-state index contributed by atoms with van der Waals surface area (Å²) in [4.78, 5) is 0. The Bertz CT molecular complexity index is 183. The van der Waals surface area contributed by atoms with Crippen molar-refractivity contribution in [1.29, 1.82) is 0 Å². The number of nitrogens with two attached hydrogens (primary N) is 1. The van der Waals surface area contributed by atoms with E-state index in [4.69, 9.17) is 5.73 Å². The number of fused-ring (bicyclic) bond motifs is 2. The van der Waals surface area contributed by atoms with Crippen LogP contribution in [0.1, 0.15) is 20.3 Å². The van der Waals surface area contributed by atoms with Crippen LogP contribution in [0.25, 0.3) is 0 Å². The second-order valence-electron chi connectivity index (χ2n) is 4.24. The van der Waals surface area contributed by atoms with E-state index in [-0.39, 0.29) is 0 Å². The second-order valence-corrected chi connectivity index (χ2v) is 4.24. The first-order valence-corrected chi connectivity index (χ1v) is 4.64. The van der Waals surface area contributed by atoms with E-state index >= 15 is 0 Å². The molecule has 2 N–H and O–H groups in total. The molecule has 62 valence electrons. The Morgan fingerprint density at radius 3 is 2.36 bits per heavy atom. The summed E-state index contributed by atoms with van der Waals surface area (Å²) in [6.07, 6.45) is 6.13. The summed E-state index contributed by atoms with van der Waals surface area (Å²) in [6.45, 7) is 4.50. The molecule has 5 atom stereocenters. The van der Waals surface area contributed by atoms with E-state index < -0.39 is 0 Å². The normalized spacial score (nSPS) is 50.1. The number of hydrogen-bond acceptors (Lipinski definition) is 1. The minimum absolute atomic E-state index is 0.380. The van der Waals surface area contributed by atoms with Gasteiger partial charge in [-0.2, -0.15) is 0 Å². The molecule has 2 aliphatic carbocycles. The molecular weight excluding hydrogens is 134 g/mol. The molecule has 11 heavy (non-hydrogen) atoms. The van der Waals surface area contributed by atoms with Gasteiger partial charge in [-0.3, -0.25) is 0 Å². The van der Waals surface area contributed by atoms with Crippen LogP contribution in [0.4, 0.5) is 0 Å². The van der Waals surface area contributed by atoms with Crippen LogP contribution in [-0.2, 0) is 0 Å². The molecule has 1 fully saturated rings. The van der Waals surface area contributed by atoms with Gasteiger partial charge in [-0.05, 0) is 37.0 Å². The molecular formula is C10H17N. The maximum absolute atomic E-state index is 5.94. The minimum Gasteiger partial charge on any atom is -0.328 e.